The van der Waals surface area contributed by atoms with Gasteiger partial charge in [0.05, 0.1) is 18.1 Å². The largest absolute Gasteiger partial charge is 0.477 e. The van der Waals surface area contributed by atoms with E-state index in [-0.39, 0.29) is 5.82 Å². The van der Waals surface area contributed by atoms with Crippen molar-refractivity contribution in [1.29, 1.82) is 0 Å². The Balaban J connectivity index is 2.59. The molecule has 1 aromatic heterocycles. The highest BCUT2D eigenvalue weighted by molar-refractivity contribution is 5.93. The molecule has 8 heteroatoms. The number of pyridine rings is 1. The third-order valence-corrected chi connectivity index (χ3v) is 2.33. The fourth-order valence-corrected chi connectivity index (χ4v) is 1.38. The van der Waals surface area contributed by atoms with E-state index in [1.54, 1.807) is 6.08 Å². The molecule has 0 aliphatic rings. The summed E-state index contributed by atoms with van der Waals surface area (Å²) in [7, 11) is 0. The minimum Gasteiger partial charge on any atom is -0.477 e. The van der Waals surface area contributed by atoms with Crippen LogP contribution in [-0.2, 0) is 4.74 Å². The van der Waals surface area contributed by atoms with Crippen LogP contribution in [0.5, 0.6) is 0 Å². The van der Waals surface area contributed by atoms with E-state index < -0.39 is 22.1 Å². The third-order valence-electron chi connectivity index (χ3n) is 2.33. The second kappa shape index (κ2) is 7.85. The second-order valence-electron chi connectivity index (χ2n) is 3.77. The van der Waals surface area contributed by atoms with E-state index in [0.29, 0.717) is 19.8 Å². The lowest BCUT2D eigenvalue weighted by atomic mass is 10.2. The number of carboxylic acids is 1. The van der Waals surface area contributed by atoms with Crippen LogP contribution in [0.3, 0.4) is 0 Å². The minimum atomic E-state index is -1.37. The van der Waals surface area contributed by atoms with E-state index in [4.69, 9.17) is 9.84 Å². The van der Waals surface area contributed by atoms with E-state index in [2.05, 4.69) is 16.9 Å². The summed E-state index contributed by atoms with van der Waals surface area (Å²) in [6.07, 6.45) is 3.41. The van der Waals surface area contributed by atoms with Gasteiger partial charge < -0.3 is 15.2 Å². The zero-order chi connectivity index (χ0) is 15.0. The normalized spacial score (nSPS) is 10.0. The van der Waals surface area contributed by atoms with Gasteiger partial charge in [-0.15, -0.1) is 6.58 Å². The number of carboxylic acid groups (broad SMARTS) is 1. The van der Waals surface area contributed by atoms with Crippen LogP contribution in [-0.4, -0.2) is 40.7 Å². The number of nitrogens with zero attached hydrogens (tertiary/aromatic N) is 2. The SMILES string of the molecule is C=CCCOCCNc1cc(C(=O)O)c([N+](=O)[O-])cn1. The molecular formula is C12H15N3O5. The molecule has 0 unspecified atom stereocenters. The quantitative estimate of drug-likeness (QED) is 0.306. The van der Waals surface area contributed by atoms with E-state index >= 15 is 0 Å². The summed E-state index contributed by atoms with van der Waals surface area (Å²) < 4.78 is 5.25. The van der Waals surface area contributed by atoms with Crippen molar-refractivity contribution in [2.75, 3.05) is 25.1 Å². The molecule has 0 bridgehead atoms. The predicted octanol–water partition coefficient (Wildman–Crippen LogP) is 1.69. The Morgan fingerprint density at radius 1 is 1.60 bits per heavy atom. The lowest BCUT2D eigenvalue weighted by Gasteiger charge is -2.07. The topological polar surface area (TPSA) is 115 Å². The van der Waals surface area contributed by atoms with Crippen LogP contribution in [0.2, 0.25) is 0 Å². The van der Waals surface area contributed by atoms with Gasteiger partial charge in [0.1, 0.15) is 17.6 Å². The first kappa shape index (κ1) is 15.6. The van der Waals surface area contributed by atoms with Crippen molar-refractivity contribution < 1.29 is 19.6 Å². The number of hydrogen-bond donors (Lipinski definition) is 2. The summed E-state index contributed by atoms with van der Waals surface area (Å²) in [6.45, 7) is 4.94. The van der Waals surface area contributed by atoms with Gasteiger partial charge in [-0.25, -0.2) is 9.78 Å². The van der Waals surface area contributed by atoms with Gasteiger partial charge in [-0.2, -0.15) is 0 Å². The summed E-state index contributed by atoms with van der Waals surface area (Å²) >= 11 is 0. The fourth-order valence-electron chi connectivity index (χ4n) is 1.38. The first-order chi connectivity index (χ1) is 9.56. The third kappa shape index (κ3) is 4.65. The number of rotatable bonds is 9. The molecule has 0 amide bonds. The molecular weight excluding hydrogens is 266 g/mol. The molecule has 0 saturated carbocycles. The van der Waals surface area contributed by atoms with Gasteiger partial charge in [0.15, 0.2) is 0 Å². The van der Waals surface area contributed by atoms with Crippen LogP contribution in [0.1, 0.15) is 16.8 Å². The number of nitro groups is 1. The highest BCUT2D eigenvalue weighted by Crippen LogP contribution is 2.19. The van der Waals surface area contributed by atoms with Crippen LogP contribution in [0, 0.1) is 10.1 Å². The highest BCUT2D eigenvalue weighted by Gasteiger charge is 2.20. The Morgan fingerprint density at radius 3 is 2.95 bits per heavy atom. The average Bonchev–Trinajstić information content (AvgIpc) is 2.42. The van der Waals surface area contributed by atoms with Crippen molar-refractivity contribution in [3.8, 4) is 0 Å². The summed E-state index contributed by atoms with van der Waals surface area (Å²) in [4.78, 5) is 24.6. The minimum absolute atomic E-state index is 0.250. The van der Waals surface area contributed by atoms with Crippen molar-refractivity contribution in [3.63, 3.8) is 0 Å². The van der Waals surface area contributed by atoms with E-state index in [1.807, 2.05) is 0 Å². The average molecular weight is 281 g/mol. The van der Waals surface area contributed by atoms with Gasteiger partial charge in [-0.05, 0) is 6.42 Å². The maximum atomic E-state index is 10.9. The van der Waals surface area contributed by atoms with Crippen LogP contribution in [0.25, 0.3) is 0 Å². The molecule has 0 radical (unpaired) electrons. The number of ether oxygens (including phenoxy) is 1. The van der Waals surface area contributed by atoms with E-state index in [0.717, 1.165) is 18.7 Å². The van der Waals surface area contributed by atoms with Gasteiger partial charge in [0, 0.05) is 12.6 Å². The maximum absolute atomic E-state index is 10.9. The van der Waals surface area contributed by atoms with Crippen LogP contribution < -0.4 is 5.32 Å². The number of nitrogens with one attached hydrogen (secondary N) is 1. The standard InChI is InChI=1S/C12H15N3O5/c1-2-3-5-20-6-4-13-11-7-9(12(16)17)10(8-14-11)15(18)19/h2,7-8H,1,3-6H2,(H,13,14)(H,16,17). The molecule has 1 aromatic rings. The second-order valence-corrected chi connectivity index (χ2v) is 3.77. The van der Waals surface area contributed by atoms with Gasteiger partial charge in [-0.1, -0.05) is 6.08 Å². The fraction of sp³-hybridized carbons (Fsp3) is 0.333. The molecule has 0 aliphatic heterocycles. The summed E-state index contributed by atoms with van der Waals surface area (Å²) in [5.74, 6) is -1.12. The number of hydrogen-bond acceptors (Lipinski definition) is 6. The highest BCUT2D eigenvalue weighted by atomic mass is 16.6. The molecule has 0 saturated heterocycles. The molecule has 0 atom stereocenters. The molecule has 0 aromatic carbocycles. The summed E-state index contributed by atoms with van der Waals surface area (Å²) in [6, 6.07) is 1.13. The van der Waals surface area contributed by atoms with Gasteiger partial charge in [0.25, 0.3) is 0 Å². The molecule has 0 aliphatic carbocycles. The number of anilines is 1. The maximum Gasteiger partial charge on any atom is 0.342 e. The Kier molecular flexibility index (Phi) is 6.11. The predicted molar refractivity (Wildman–Crippen MR) is 72.0 cm³/mol. The molecule has 1 rings (SSSR count). The monoisotopic (exact) mass is 281 g/mol. The molecule has 0 spiro atoms. The molecule has 8 nitrogen and oxygen atoms in total. The van der Waals surface area contributed by atoms with Crippen molar-refractivity contribution in [3.05, 3.63) is 40.6 Å². The molecule has 2 N–H and O–H groups in total. The first-order valence-corrected chi connectivity index (χ1v) is 5.86. The smallest absolute Gasteiger partial charge is 0.342 e. The lowest BCUT2D eigenvalue weighted by Crippen LogP contribution is -2.12. The van der Waals surface area contributed by atoms with E-state index in [1.165, 1.54) is 0 Å². The molecule has 0 fully saturated rings. The van der Waals surface area contributed by atoms with Gasteiger partial charge >= 0.3 is 11.7 Å². The number of aromatic nitrogens is 1. The summed E-state index contributed by atoms with van der Waals surface area (Å²) in [5, 5.41) is 22.4. The van der Waals surface area contributed by atoms with Crippen molar-refractivity contribution in [1.82, 2.24) is 4.98 Å². The van der Waals surface area contributed by atoms with Crippen molar-refractivity contribution in [2.24, 2.45) is 0 Å². The van der Waals surface area contributed by atoms with Crippen LogP contribution >= 0.6 is 0 Å². The van der Waals surface area contributed by atoms with Gasteiger partial charge in [-0.3, -0.25) is 10.1 Å². The Labute approximate surface area is 115 Å². The molecule has 20 heavy (non-hydrogen) atoms. The van der Waals surface area contributed by atoms with Crippen molar-refractivity contribution >= 4 is 17.5 Å². The van der Waals surface area contributed by atoms with Crippen LogP contribution in [0.15, 0.2) is 24.9 Å². The Morgan fingerprint density at radius 2 is 2.35 bits per heavy atom. The Bertz CT molecular complexity index is 504. The van der Waals surface area contributed by atoms with Crippen LogP contribution in [0.4, 0.5) is 11.5 Å². The summed E-state index contributed by atoms with van der Waals surface area (Å²) in [5.41, 5.74) is -0.939. The number of carbonyl (C=O) groups is 1. The van der Waals surface area contributed by atoms with Gasteiger partial charge in [0.2, 0.25) is 0 Å². The number of aromatic carboxylic acids is 1. The van der Waals surface area contributed by atoms with E-state index in [9.17, 15) is 14.9 Å². The Hall–Kier alpha value is -2.48. The zero-order valence-corrected chi connectivity index (χ0v) is 10.7. The molecule has 1 heterocycles. The first-order valence-electron chi connectivity index (χ1n) is 5.86. The van der Waals surface area contributed by atoms with Crippen molar-refractivity contribution in [2.45, 2.75) is 6.42 Å². The zero-order valence-electron chi connectivity index (χ0n) is 10.7. The molecule has 108 valence electrons. The lowest BCUT2D eigenvalue weighted by molar-refractivity contribution is -0.385.